The Labute approximate surface area is 142 Å². The van der Waals surface area contributed by atoms with Gasteiger partial charge in [0, 0.05) is 11.9 Å². The third-order valence-electron chi connectivity index (χ3n) is 3.07. The van der Waals surface area contributed by atoms with Crippen LogP contribution in [0.3, 0.4) is 0 Å². The summed E-state index contributed by atoms with van der Waals surface area (Å²) in [5.41, 5.74) is 2.58. The van der Waals surface area contributed by atoms with Gasteiger partial charge in [0.1, 0.15) is 0 Å². The molecular formula is C21H43N. The molecule has 0 saturated carbocycles. The topological polar surface area (TPSA) is 12.4 Å². The molecule has 0 radical (unpaired) electrons. The highest BCUT2D eigenvalue weighted by atomic mass is 14.7. The van der Waals surface area contributed by atoms with E-state index < -0.39 is 0 Å². The number of rotatable bonds is 4. The molecule has 0 fully saturated rings. The molecule has 0 aromatic carbocycles. The van der Waals surface area contributed by atoms with E-state index in [-0.39, 0.29) is 0 Å². The van der Waals surface area contributed by atoms with Gasteiger partial charge in [0.25, 0.3) is 0 Å². The molecule has 0 spiro atoms. The highest BCUT2D eigenvalue weighted by Gasteiger charge is 1.93. The molecule has 1 heterocycles. The van der Waals surface area contributed by atoms with Crippen LogP contribution in [-0.2, 0) is 0 Å². The first kappa shape index (κ1) is 26.1. The highest BCUT2D eigenvalue weighted by molar-refractivity contribution is 5.73. The summed E-state index contributed by atoms with van der Waals surface area (Å²) in [5.74, 6) is 0.898. The molecule has 1 rings (SSSR count). The minimum atomic E-state index is 0.898. The summed E-state index contributed by atoms with van der Waals surface area (Å²) in [5, 5.41) is 0. The Morgan fingerprint density at radius 3 is 1.86 bits per heavy atom. The van der Waals surface area contributed by atoms with Gasteiger partial charge in [0.2, 0.25) is 0 Å². The van der Waals surface area contributed by atoms with Gasteiger partial charge >= 0.3 is 0 Å². The molecule has 1 aliphatic rings. The first-order chi connectivity index (χ1) is 10.5. The van der Waals surface area contributed by atoms with Gasteiger partial charge in [-0.2, -0.15) is 0 Å². The van der Waals surface area contributed by atoms with E-state index in [1.54, 1.807) is 0 Å². The van der Waals surface area contributed by atoms with E-state index in [1.807, 2.05) is 27.0 Å². The van der Waals surface area contributed by atoms with E-state index >= 15 is 0 Å². The Morgan fingerprint density at radius 1 is 1.00 bits per heavy atom. The molecular weight excluding hydrogens is 266 g/mol. The van der Waals surface area contributed by atoms with Crippen LogP contribution in [0.4, 0.5) is 0 Å². The molecule has 0 atom stereocenters. The van der Waals surface area contributed by atoms with E-state index in [1.165, 1.54) is 31.3 Å². The molecule has 0 amide bonds. The van der Waals surface area contributed by atoms with Gasteiger partial charge in [-0.05, 0) is 31.8 Å². The average molecular weight is 310 g/mol. The van der Waals surface area contributed by atoms with Crippen LogP contribution >= 0.6 is 0 Å². The number of allylic oxidation sites excluding steroid dienone is 4. The third-order valence-corrected chi connectivity index (χ3v) is 3.07. The fourth-order valence-electron chi connectivity index (χ4n) is 1.50. The fourth-order valence-corrected chi connectivity index (χ4v) is 1.50. The first-order valence-corrected chi connectivity index (χ1v) is 9.40. The van der Waals surface area contributed by atoms with Crippen molar-refractivity contribution in [2.24, 2.45) is 10.9 Å². The molecule has 0 aliphatic carbocycles. The SMILES string of the molecule is CC.CCC1=CC=NC(C)=CC1.CCCC.CCCC(C)C. The van der Waals surface area contributed by atoms with Gasteiger partial charge < -0.3 is 0 Å². The van der Waals surface area contributed by atoms with Crippen molar-refractivity contribution in [3.63, 3.8) is 0 Å². The third kappa shape index (κ3) is 24.2. The normalized spacial score (nSPS) is 12.5. The lowest BCUT2D eigenvalue weighted by atomic mass is 10.1. The van der Waals surface area contributed by atoms with Gasteiger partial charge in [-0.1, -0.05) is 92.7 Å². The van der Waals surface area contributed by atoms with E-state index in [0.717, 1.165) is 24.5 Å². The smallest absolute Gasteiger partial charge is 0.0336 e. The number of aliphatic imine (C=N–C) groups is 1. The maximum atomic E-state index is 4.18. The molecule has 0 aromatic rings. The van der Waals surface area contributed by atoms with Crippen LogP contribution in [0.1, 0.15) is 101 Å². The van der Waals surface area contributed by atoms with E-state index in [0.29, 0.717) is 0 Å². The summed E-state index contributed by atoms with van der Waals surface area (Å²) in [6.45, 7) is 19.3. The number of hydrogen-bond acceptors (Lipinski definition) is 1. The maximum Gasteiger partial charge on any atom is 0.0336 e. The molecule has 1 aliphatic heterocycles. The van der Waals surface area contributed by atoms with Crippen molar-refractivity contribution in [1.82, 2.24) is 0 Å². The molecule has 22 heavy (non-hydrogen) atoms. The molecule has 0 saturated heterocycles. The summed E-state index contributed by atoms with van der Waals surface area (Å²) < 4.78 is 0. The first-order valence-electron chi connectivity index (χ1n) is 9.40. The second-order valence-corrected chi connectivity index (χ2v) is 5.69. The standard InChI is InChI=1S/C9H13N.C6H14.C4H10.C2H6/c1-3-9-5-4-8(2)10-7-6-9;1-4-5-6(2)3;1-3-4-2;1-2/h4,6-7H,3,5H2,1-2H3;6H,4-5H2,1-3H3;3-4H2,1-2H3;1-2H3. The molecule has 0 aromatic heterocycles. The maximum absolute atomic E-state index is 4.18. The largest absolute Gasteiger partial charge is 0.262 e. The zero-order valence-electron chi connectivity index (χ0n) is 17.0. The Balaban J connectivity index is -0.000000259. The number of unbranched alkanes of at least 4 members (excludes halogenated alkanes) is 1. The van der Waals surface area contributed by atoms with Crippen LogP contribution in [-0.4, -0.2) is 6.21 Å². The lowest BCUT2D eigenvalue weighted by Gasteiger charge is -1.95. The van der Waals surface area contributed by atoms with Crippen molar-refractivity contribution >= 4 is 6.21 Å². The van der Waals surface area contributed by atoms with Crippen LogP contribution in [0.15, 0.2) is 28.4 Å². The summed E-state index contributed by atoms with van der Waals surface area (Å²) in [7, 11) is 0. The van der Waals surface area contributed by atoms with E-state index in [4.69, 9.17) is 0 Å². The van der Waals surface area contributed by atoms with Gasteiger partial charge in [-0.25, -0.2) is 0 Å². The Bertz CT molecular complexity index is 278. The zero-order valence-corrected chi connectivity index (χ0v) is 17.0. The number of nitrogens with zero attached hydrogens (tertiary/aromatic N) is 1. The molecule has 0 N–H and O–H groups in total. The Hall–Kier alpha value is -0.850. The van der Waals surface area contributed by atoms with Gasteiger partial charge in [-0.3, -0.25) is 4.99 Å². The van der Waals surface area contributed by atoms with Crippen molar-refractivity contribution in [1.29, 1.82) is 0 Å². The second kappa shape index (κ2) is 22.4. The van der Waals surface area contributed by atoms with Crippen molar-refractivity contribution < 1.29 is 0 Å². The lowest BCUT2D eigenvalue weighted by Crippen LogP contribution is -1.81. The monoisotopic (exact) mass is 309 g/mol. The Kier molecular flexibility index (Phi) is 26.6. The molecule has 1 nitrogen and oxygen atoms in total. The highest BCUT2D eigenvalue weighted by Crippen LogP contribution is 2.11. The molecule has 0 bridgehead atoms. The Morgan fingerprint density at radius 2 is 1.55 bits per heavy atom. The predicted molar refractivity (Wildman–Crippen MR) is 107 cm³/mol. The number of hydrogen-bond donors (Lipinski definition) is 0. The van der Waals surface area contributed by atoms with Crippen molar-refractivity contribution in [2.75, 3.05) is 0 Å². The summed E-state index contributed by atoms with van der Waals surface area (Å²) >= 11 is 0. The lowest BCUT2D eigenvalue weighted by molar-refractivity contribution is 0.576. The van der Waals surface area contributed by atoms with Gasteiger partial charge in [0.05, 0.1) is 0 Å². The molecule has 132 valence electrons. The average Bonchev–Trinajstić information content (AvgIpc) is 2.74. The second-order valence-electron chi connectivity index (χ2n) is 5.69. The van der Waals surface area contributed by atoms with Crippen molar-refractivity contribution in [3.8, 4) is 0 Å². The van der Waals surface area contributed by atoms with Crippen LogP contribution in [0.25, 0.3) is 0 Å². The van der Waals surface area contributed by atoms with Crippen molar-refractivity contribution in [3.05, 3.63) is 23.4 Å². The summed E-state index contributed by atoms with van der Waals surface area (Å²) in [6.07, 6.45) is 13.7. The van der Waals surface area contributed by atoms with Crippen LogP contribution in [0, 0.1) is 5.92 Å². The minimum absolute atomic E-state index is 0.898. The van der Waals surface area contributed by atoms with Crippen LogP contribution in [0.2, 0.25) is 0 Å². The predicted octanol–water partition coefficient (Wildman–Crippen LogP) is 7.98. The summed E-state index contributed by atoms with van der Waals surface area (Å²) in [4.78, 5) is 4.18. The summed E-state index contributed by atoms with van der Waals surface area (Å²) in [6, 6.07) is 0. The quantitative estimate of drug-likeness (QED) is 0.499. The van der Waals surface area contributed by atoms with Crippen LogP contribution in [0.5, 0.6) is 0 Å². The van der Waals surface area contributed by atoms with Gasteiger partial charge in [0.15, 0.2) is 0 Å². The van der Waals surface area contributed by atoms with E-state index in [2.05, 4.69) is 58.7 Å². The minimum Gasteiger partial charge on any atom is -0.262 e. The van der Waals surface area contributed by atoms with Crippen molar-refractivity contribution in [2.45, 2.75) is 101 Å². The molecule has 0 unspecified atom stereocenters. The fraction of sp³-hybridized carbons (Fsp3) is 0.762. The van der Waals surface area contributed by atoms with Crippen LogP contribution < -0.4 is 0 Å². The molecule has 1 heteroatoms. The zero-order chi connectivity index (χ0) is 17.8. The van der Waals surface area contributed by atoms with E-state index in [9.17, 15) is 0 Å². The van der Waals surface area contributed by atoms with Gasteiger partial charge in [-0.15, -0.1) is 0 Å².